The van der Waals surface area contributed by atoms with Crippen LogP contribution in [-0.2, 0) is 9.53 Å². The Morgan fingerprint density at radius 2 is 2.33 bits per heavy atom. The van der Waals surface area contributed by atoms with Crippen LogP contribution < -0.4 is 0 Å². The van der Waals surface area contributed by atoms with Crippen LogP contribution in [0.4, 0.5) is 0 Å². The van der Waals surface area contributed by atoms with Gasteiger partial charge in [-0.25, -0.2) is 0 Å². The molecule has 0 aliphatic carbocycles. The van der Waals surface area contributed by atoms with E-state index in [9.17, 15) is 4.79 Å². The molecule has 1 fully saturated rings. The van der Waals surface area contributed by atoms with Gasteiger partial charge in [0.1, 0.15) is 0 Å². The van der Waals surface area contributed by atoms with E-state index in [-0.39, 0.29) is 5.91 Å². The quantitative estimate of drug-likeness (QED) is 0.783. The average Bonchev–Trinajstić information content (AvgIpc) is 2.90. The Morgan fingerprint density at radius 1 is 1.56 bits per heavy atom. The van der Waals surface area contributed by atoms with Crippen LogP contribution in [0.25, 0.3) is 6.08 Å². The molecular formula is C14H19NO2S. The lowest BCUT2D eigenvalue weighted by molar-refractivity contribution is -0.127. The molecule has 3 nitrogen and oxygen atoms in total. The summed E-state index contributed by atoms with van der Waals surface area (Å²) in [4.78, 5) is 15.0. The topological polar surface area (TPSA) is 29.5 Å². The summed E-state index contributed by atoms with van der Waals surface area (Å²) in [6, 6.07) is 4.00. The van der Waals surface area contributed by atoms with Crippen molar-refractivity contribution in [3.63, 3.8) is 0 Å². The van der Waals surface area contributed by atoms with Crippen molar-refractivity contribution in [2.45, 2.75) is 12.8 Å². The number of hydrogen-bond acceptors (Lipinski definition) is 3. The molecule has 0 saturated carbocycles. The zero-order valence-electron chi connectivity index (χ0n) is 10.7. The average molecular weight is 265 g/mol. The highest BCUT2D eigenvalue weighted by Crippen LogP contribution is 2.18. The molecule has 0 bridgehead atoms. The Morgan fingerprint density at radius 3 is 2.94 bits per heavy atom. The highest BCUT2D eigenvalue weighted by atomic mass is 32.1. The second-order valence-electron chi connectivity index (χ2n) is 4.57. The fraction of sp³-hybridized carbons (Fsp3) is 0.500. The number of piperidine rings is 1. The van der Waals surface area contributed by atoms with Crippen LogP contribution in [-0.4, -0.2) is 37.6 Å². The Kier molecular flexibility index (Phi) is 4.96. The van der Waals surface area contributed by atoms with Crippen molar-refractivity contribution in [2.24, 2.45) is 5.92 Å². The van der Waals surface area contributed by atoms with Gasteiger partial charge in [0.05, 0.1) is 0 Å². The van der Waals surface area contributed by atoms with E-state index in [1.165, 1.54) is 0 Å². The zero-order valence-corrected chi connectivity index (χ0v) is 11.5. The molecule has 0 N–H and O–H groups in total. The minimum atomic E-state index is 0.124. The highest BCUT2D eigenvalue weighted by molar-refractivity contribution is 7.10. The molecule has 0 spiro atoms. The predicted molar refractivity (Wildman–Crippen MR) is 74.5 cm³/mol. The van der Waals surface area contributed by atoms with Crippen molar-refractivity contribution < 1.29 is 9.53 Å². The molecule has 2 rings (SSSR count). The number of likely N-dealkylation sites (tertiary alicyclic amines) is 1. The van der Waals surface area contributed by atoms with Gasteiger partial charge in [0.15, 0.2) is 0 Å². The molecular weight excluding hydrogens is 246 g/mol. The van der Waals surface area contributed by atoms with Crippen LogP contribution >= 0.6 is 11.3 Å². The monoisotopic (exact) mass is 265 g/mol. The number of hydrogen-bond donors (Lipinski definition) is 0. The summed E-state index contributed by atoms with van der Waals surface area (Å²) < 4.78 is 5.16. The number of carbonyl (C=O) groups is 1. The van der Waals surface area contributed by atoms with Crippen molar-refractivity contribution in [1.82, 2.24) is 4.90 Å². The number of thiophene rings is 1. The molecule has 0 atom stereocenters. The number of methoxy groups -OCH3 is 1. The standard InChI is InChI=1S/C14H19NO2S/c1-17-11-12-6-8-15(9-7-12)14(16)5-4-13-3-2-10-18-13/h2-5,10,12H,6-9,11H2,1H3/b5-4+. The maximum atomic E-state index is 12.0. The Hall–Kier alpha value is -1.13. The van der Waals surface area contributed by atoms with E-state index in [1.54, 1.807) is 24.5 Å². The first kappa shape index (κ1) is 13.3. The van der Waals surface area contributed by atoms with Crippen LogP contribution in [0.5, 0.6) is 0 Å². The van der Waals surface area contributed by atoms with Gasteiger partial charge < -0.3 is 9.64 Å². The minimum Gasteiger partial charge on any atom is -0.384 e. The van der Waals surface area contributed by atoms with Gasteiger partial charge in [-0.1, -0.05) is 6.07 Å². The summed E-state index contributed by atoms with van der Waals surface area (Å²) in [5, 5.41) is 2.01. The fourth-order valence-electron chi connectivity index (χ4n) is 2.20. The highest BCUT2D eigenvalue weighted by Gasteiger charge is 2.21. The van der Waals surface area contributed by atoms with E-state index in [0.29, 0.717) is 5.92 Å². The van der Waals surface area contributed by atoms with E-state index < -0.39 is 0 Å². The Labute approximate surface area is 112 Å². The van der Waals surface area contributed by atoms with Gasteiger partial charge in [-0.05, 0) is 36.3 Å². The summed E-state index contributed by atoms with van der Waals surface area (Å²) in [5.41, 5.74) is 0. The van der Waals surface area contributed by atoms with E-state index >= 15 is 0 Å². The largest absolute Gasteiger partial charge is 0.384 e. The summed E-state index contributed by atoms with van der Waals surface area (Å²) in [7, 11) is 1.74. The number of ether oxygens (including phenoxy) is 1. The third-order valence-corrected chi connectivity index (χ3v) is 4.10. The molecule has 0 aromatic carbocycles. The van der Waals surface area contributed by atoms with Crippen LogP contribution in [0.3, 0.4) is 0 Å². The smallest absolute Gasteiger partial charge is 0.246 e. The normalized spacial score (nSPS) is 17.5. The zero-order chi connectivity index (χ0) is 12.8. The first-order chi connectivity index (χ1) is 8.79. The first-order valence-corrected chi connectivity index (χ1v) is 7.17. The maximum Gasteiger partial charge on any atom is 0.246 e. The maximum absolute atomic E-state index is 12.0. The van der Waals surface area contributed by atoms with Crippen molar-refractivity contribution in [2.75, 3.05) is 26.8 Å². The summed E-state index contributed by atoms with van der Waals surface area (Å²) in [5.74, 6) is 0.736. The van der Waals surface area contributed by atoms with Crippen molar-refractivity contribution in [1.29, 1.82) is 0 Å². The van der Waals surface area contributed by atoms with Crippen LogP contribution in [0, 0.1) is 5.92 Å². The summed E-state index contributed by atoms with van der Waals surface area (Å²) in [6.45, 7) is 2.51. The van der Waals surface area contributed by atoms with Crippen LogP contribution in [0.1, 0.15) is 17.7 Å². The molecule has 0 radical (unpaired) electrons. The number of nitrogens with zero attached hydrogens (tertiary/aromatic N) is 1. The molecule has 98 valence electrons. The van der Waals surface area contributed by atoms with Crippen molar-refractivity contribution in [3.8, 4) is 0 Å². The van der Waals surface area contributed by atoms with Crippen LogP contribution in [0.2, 0.25) is 0 Å². The SMILES string of the molecule is COCC1CCN(C(=O)/C=C/c2cccs2)CC1. The predicted octanol–water partition coefficient (Wildman–Crippen LogP) is 2.65. The fourth-order valence-corrected chi connectivity index (χ4v) is 2.82. The number of amides is 1. The van der Waals surface area contributed by atoms with Gasteiger partial charge in [-0.2, -0.15) is 0 Å². The lowest BCUT2D eigenvalue weighted by Gasteiger charge is -2.30. The number of rotatable bonds is 4. The third-order valence-electron chi connectivity index (χ3n) is 3.26. The Bertz CT molecular complexity index is 392. The van der Waals surface area contributed by atoms with E-state index in [1.807, 2.05) is 28.5 Å². The Balaban J connectivity index is 1.80. The van der Waals surface area contributed by atoms with E-state index in [2.05, 4.69) is 0 Å². The molecule has 1 amide bonds. The number of carbonyl (C=O) groups excluding carboxylic acids is 1. The van der Waals surface area contributed by atoms with Gasteiger partial charge in [-0.3, -0.25) is 4.79 Å². The minimum absolute atomic E-state index is 0.124. The van der Waals surface area contributed by atoms with Gasteiger partial charge in [0.2, 0.25) is 5.91 Å². The molecule has 1 aliphatic rings. The van der Waals surface area contributed by atoms with Crippen molar-refractivity contribution >= 4 is 23.3 Å². The second-order valence-corrected chi connectivity index (χ2v) is 5.55. The van der Waals surface area contributed by atoms with Crippen LogP contribution in [0.15, 0.2) is 23.6 Å². The summed E-state index contributed by atoms with van der Waals surface area (Å²) in [6.07, 6.45) is 5.68. The third kappa shape index (κ3) is 3.68. The second kappa shape index (κ2) is 6.71. The molecule has 1 aliphatic heterocycles. The molecule has 2 heterocycles. The van der Waals surface area contributed by atoms with Gasteiger partial charge in [0.25, 0.3) is 0 Å². The molecule has 1 saturated heterocycles. The van der Waals surface area contributed by atoms with E-state index in [4.69, 9.17) is 4.74 Å². The molecule has 1 aromatic rings. The van der Waals surface area contributed by atoms with E-state index in [0.717, 1.165) is 37.4 Å². The first-order valence-electron chi connectivity index (χ1n) is 6.29. The lowest BCUT2D eigenvalue weighted by Crippen LogP contribution is -2.38. The van der Waals surface area contributed by atoms with Gasteiger partial charge in [-0.15, -0.1) is 11.3 Å². The van der Waals surface area contributed by atoms with Crippen molar-refractivity contribution in [3.05, 3.63) is 28.5 Å². The molecule has 1 aromatic heterocycles. The van der Waals surface area contributed by atoms with Gasteiger partial charge in [0, 0.05) is 37.8 Å². The molecule has 0 unspecified atom stereocenters. The summed E-state index contributed by atoms with van der Waals surface area (Å²) >= 11 is 1.64. The van der Waals surface area contributed by atoms with Gasteiger partial charge >= 0.3 is 0 Å². The molecule has 18 heavy (non-hydrogen) atoms. The lowest BCUT2D eigenvalue weighted by atomic mass is 9.98. The molecule has 4 heteroatoms.